The van der Waals surface area contributed by atoms with Crippen LogP contribution >= 0.6 is 23.2 Å². The zero-order valence-corrected chi connectivity index (χ0v) is 28.3. The number of aromatic nitrogens is 4. The van der Waals surface area contributed by atoms with Crippen molar-refractivity contribution in [2.75, 3.05) is 33.9 Å². The van der Waals surface area contributed by atoms with E-state index >= 15 is 0 Å². The van der Waals surface area contributed by atoms with Gasteiger partial charge < -0.3 is 25.2 Å². The van der Waals surface area contributed by atoms with Crippen molar-refractivity contribution in [1.82, 2.24) is 35.5 Å². The second kappa shape index (κ2) is 13.9. The molecule has 7 rings (SSSR count). The van der Waals surface area contributed by atoms with Gasteiger partial charge in [-0.1, -0.05) is 59.6 Å². The van der Waals surface area contributed by atoms with Crippen LogP contribution in [0.1, 0.15) is 30.7 Å². The van der Waals surface area contributed by atoms with Gasteiger partial charge in [-0.2, -0.15) is 0 Å². The maximum atomic E-state index is 11.5. The van der Waals surface area contributed by atoms with Crippen molar-refractivity contribution in [2.45, 2.75) is 44.4 Å². The van der Waals surface area contributed by atoms with Crippen molar-refractivity contribution < 1.29 is 19.4 Å². The van der Waals surface area contributed by atoms with Gasteiger partial charge in [0.15, 0.2) is 0 Å². The fourth-order valence-electron chi connectivity index (χ4n) is 6.97. The molecule has 1 amide bonds. The number of aliphatic hydroxyl groups excluding tert-OH is 1. The summed E-state index contributed by atoms with van der Waals surface area (Å²) in [7, 11) is 3.15. The van der Waals surface area contributed by atoms with Crippen molar-refractivity contribution in [3.05, 3.63) is 70.2 Å². The zero-order valence-electron chi connectivity index (χ0n) is 26.7. The summed E-state index contributed by atoms with van der Waals surface area (Å²) in [5.41, 5.74) is 5.35. The van der Waals surface area contributed by atoms with Gasteiger partial charge in [-0.25, -0.2) is 9.97 Å². The summed E-state index contributed by atoms with van der Waals surface area (Å²) in [4.78, 5) is 32.6. The molecule has 2 aromatic carbocycles. The number of fused-ring (bicyclic) bond motifs is 1. The molecule has 3 N–H and O–H groups in total. The molecule has 2 aromatic heterocycles. The van der Waals surface area contributed by atoms with Gasteiger partial charge in [-0.3, -0.25) is 19.7 Å². The van der Waals surface area contributed by atoms with E-state index in [9.17, 15) is 9.90 Å². The topological polar surface area (TPSA) is 135 Å². The van der Waals surface area contributed by atoms with Crippen molar-refractivity contribution >= 4 is 29.1 Å². The van der Waals surface area contributed by atoms with Crippen LogP contribution in [0.5, 0.6) is 11.8 Å². The Morgan fingerprint density at radius 3 is 2.12 bits per heavy atom. The van der Waals surface area contributed by atoms with E-state index < -0.39 is 0 Å². The Kier molecular flexibility index (Phi) is 9.48. The van der Waals surface area contributed by atoms with E-state index in [-0.39, 0.29) is 24.6 Å². The molecule has 13 heteroatoms. The molecule has 2 aliphatic heterocycles. The molecule has 4 atom stereocenters. The Morgan fingerprint density at radius 1 is 0.938 bits per heavy atom. The molecule has 0 bridgehead atoms. The molecule has 0 unspecified atom stereocenters. The molecule has 4 aromatic rings. The van der Waals surface area contributed by atoms with E-state index in [1.165, 1.54) is 6.42 Å². The lowest BCUT2D eigenvalue weighted by Crippen LogP contribution is -2.35. The summed E-state index contributed by atoms with van der Waals surface area (Å²) in [5, 5.41) is 17.2. The first kappa shape index (κ1) is 32.7. The standard InChI is InChI=1S/C35H37Cl2N7O4/c1-47-34-28(13-38-12-20-9-10-31(46)41-20)39-14-26(42-34)23-7-3-5-21(32(23)36)22-6-4-8-24(33(22)37)27-15-40-29(35(43-27)48-2)17-44-16-19-11-25(19)30(44)18-45/h3-8,14-15,19-20,25,30,38,45H,9-13,16-18H2,1-2H3,(H,41,46)/t19-,20+,25-,30-/m1/s1. The van der Waals surface area contributed by atoms with E-state index in [0.29, 0.717) is 87.9 Å². The first-order valence-electron chi connectivity index (χ1n) is 16.1. The first-order chi connectivity index (χ1) is 23.4. The number of methoxy groups -OCH3 is 2. The number of hydrogen-bond donors (Lipinski definition) is 3. The number of piperidine rings is 1. The summed E-state index contributed by atoms with van der Waals surface area (Å²) in [6.07, 6.45) is 5.96. The Bertz CT molecular complexity index is 1840. The van der Waals surface area contributed by atoms with Crippen LogP contribution in [-0.4, -0.2) is 81.8 Å². The number of likely N-dealkylation sites (tertiary alicyclic amines) is 1. The largest absolute Gasteiger partial charge is 0.480 e. The maximum Gasteiger partial charge on any atom is 0.237 e. The minimum atomic E-state index is 0.0839. The molecule has 0 radical (unpaired) electrons. The maximum absolute atomic E-state index is 11.5. The van der Waals surface area contributed by atoms with Gasteiger partial charge in [0.25, 0.3) is 0 Å². The second-order valence-corrected chi connectivity index (χ2v) is 13.3. The number of nitrogens with zero attached hydrogens (tertiary/aromatic N) is 5. The quantitative estimate of drug-likeness (QED) is 0.191. The molecule has 250 valence electrons. The highest BCUT2D eigenvalue weighted by Gasteiger charge is 2.52. The number of benzene rings is 2. The zero-order chi connectivity index (χ0) is 33.4. The molecule has 4 heterocycles. The van der Waals surface area contributed by atoms with Crippen LogP contribution in [0.15, 0.2) is 48.8 Å². The number of carbonyl (C=O) groups excluding carboxylic acids is 1. The van der Waals surface area contributed by atoms with Crippen molar-refractivity contribution in [1.29, 1.82) is 0 Å². The average molecular weight is 691 g/mol. The van der Waals surface area contributed by atoms with E-state index in [1.54, 1.807) is 26.6 Å². The summed E-state index contributed by atoms with van der Waals surface area (Å²) >= 11 is 14.1. The molecule has 48 heavy (non-hydrogen) atoms. The van der Waals surface area contributed by atoms with Gasteiger partial charge in [-0.15, -0.1) is 0 Å². The first-order valence-corrected chi connectivity index (χ1v) is 16.9. The predicted octanol–water partition coefficient (Wildman–Crippen LogP) is 4.77. The number of aliphatic hydroxyl groups is 1. The predicted molar refractivity (Wildman–Crippen MR) is 183 cm³/mol. The number of rotatable bonds is 12. The molecular weight excluding hydrogens is 653 g/mol. The monoisotopic (exact) mass is 689 g/mol. The lowest BCUT2D eigenvalue weighted by molar-refractivity contribution is -0.119. The van der Waals surface area contributed by atoms with Gasteiger partial charge >= 0.3 is 0 Å². The summed E-state index contributed by atoms with van der Waals surface area (Å²) in [5.74, 6) is 2.15. The molecular formula is C35H37Cl2N7O4. The average Bonchev–Trinajstić information content (AvgIpc) is 3.59. The normalized spacial score (nSPS) is 21.6. The minimum absolute atomic E-state index is 0.0839. The van der Waals surface area contributed by atoms with Gasteiger partial charge in [0, 0.05) is 66.9 Å². The number of halogens is 2. The number of amides is 1. The number of carbonyl (C=O) groups is 1. The van der Waals surface area contributed by atoms with Gasteiger partial charge in [0.05, 0.1) is 54.7 Å². The third-order valence-electron chi connectivity index (χ3n) is 9.57. The molecule has 11 nitrogen and oxygen atoms in total. The summed E-state index contributed by atoms with van der Waals surface area (Å²) in [6.45, 7) is 2.75. The van der Waals surface area contributed by atoms with E-state index in [1.807, 2.05) is 36.4 Å². The highest BCUT2D eigenvalue weighted by molar-refractivity contribution is 6.39. The van der Waals surface area contributed by atoms with Crippen LogP contribution in [0.3, 0.4) is 0 Å². The molecule has 3 aliphatic rings. The van der Waals surface area contributed by atoms with Gasteiger partial charge in [0.2, 0.25) is 17.7 Å². The second-order valence-electron chi connectivity index (χ2n) is 12.5. The van der Waals surface area contributed by atoms with Gasteiger partial charge in [0.1, 0.15) is 11.4 Å². The van der Waals surface area contributed by atoms with E-state index in [4.69, 9.17) is 47.6 Å². The summed E-state index contributed by atoms with van der Waals surface area (Å²) in [6, 6.07) is 11.7. The Morgan fingerprint density at radius 2 is 1.54 bits per heavy atom. The Hall–Kier alpha value is -3.87. The van der Waals surface area contributed by atoms with Crippen LogP contribution in [0.4, 0.5) is 0 Å². The lowest BCUT2D eigenvalue weighted by Gasteiger charge is -2.25. The van der Waals surface area contributed by atoms with Crippen LogP contribution in [0, 0.1) is 11.8 Å². The molecule has 1 aliphatic carbocycles. The minimum Gasteiger partial charge on any atom is -0.480 e. The van der Waals surface area contributed by atoms with Crippen molar-refractivity contribution in [2.24, 2.45) is 11.8 Å². The summed E-state index contributed by atoms with van der Waals surface area (Å²) < 4.78 is 11.3. The number of nitrogens with one attached hydrogen (secondary N) is 2. The number of hydrogen-bond acceptors (Lipinski definition) is 10. The molecule has 3 fully saturated rings. The van der Waals surface area contributed by atoms with E-state index in [0.717, 1.165) is 29.8 Å². The fourth-order valence-corrected chi connectivity index (χ4v) is 7.61. The van der Waals surface area contributed by atoms with Crippen LogP contribution in [0.25, 0.3) is 33.6 Å². The molecule has 1 saturated carbocycles. The molecule has 2 saturated heterocycles. The Labute approximate surface area is 289 Å². The lowest BCUT2D eigenvalue weighted by atomic mass is 9.98. The number of ether oxygens (including phenoxy) is 2. The van der Waals surface area contributed by atoms with Gasteiger partial charge in [-0.05, 0) is 24.7 Å². The fraction of sp³-hybridized carbons (Fsp3) is 0.400. The Balaban J connectivity index is 1.12. The SMILES string of the molecule is COc1nc(-c2cccc(-c3cccc(-c4cnc(CN5C[C@H]6C[C@H]6[C@H]5CO)c(OC)n4)c3Cl)c2Cl)cnc1CNC[C@@H]1CCC(=O)N1. The van der Waals surface area contributed by atoms with E-state index in [2.05, 4.69) is 20.5 Å². The highest BCUT2D eigenvalue weighted by Crippen LogP contribution is 2.50. The van der Waals surface area contributed by atoms with Crippen molar-refractivity contribution in [3.63, 3.8) is 0 Å². The van der Waals surface area contributed by atoms with Crippen molar-refractivity contribution in [3.8, 4) is 45.4 Å². The highest BCUT2D eigenvalue weighted by atomic mass is 35.5. The van der Waals surface area contributed by atoms with Crippen LogP contribution in [0.2, 0.25) is 10.0 Å². The molecule has 0 spiro atoms. The van der Waals surface area contributed by atoms with Crippen LogP contribution < -0.4 is 20.1 Å². The third kappa shape index (κ3) is 6.45. The third-order valence-corrected chi connectivity index (χ3v) is 10.4. The van der Waals surface area contributed by atoms with Crippen LogP contribution in [-0.2, 0) is 17.9 Å². The smallest absolute Gasteiger partial charge is 0.237 e.